The van der Waals surface area contributed by atoms with Gasteiger partial charge in [0.15, 0.2) is 0 Å². The van der Waals surface area contributed by atoms with Gasteiger partial charge in [0.2, 0.25) is 0 Å². The second-order valence-corrected chi connectivity index (χ2v) is 7.12. The van der Waals surface area contributed by atoms with E-state index >= 15 is 0 Å². The minimum Gasteiger partial charge on any atom is -0.465 e. The van der Waals surface area contributed by atoms with Crippen molar-refractivity contribution in [1.82, 2.24) is 5.32 Å². The molecule has 1 aliphatic heterocycles. The van der Waals surface area contributed by atoms with Crippen LogP contribution in [0.3, 0.4) is 0 Å². The van der Waals surface area contributed by atoms with Gasteiger partial charge < -0.3 is 10.4 Å². The van der Waals surface area contributed by atoms with Crippen LogP contribution >= 0.6 is 0 Å². The Bertz CT molecular complexity index is 726. The van der Waals surface area contributed by atoms with Gasteiger partial charge in [0, 0.05) is 18.3 Å². The third-order valence-corrected chi connectivity index (χ3v) is 5.54. The van der Waals surface area contributed by atoms with Gasteiger partial charge in [-0.2, -0.15) is 0 Å². The van der Waals surface area contributed by atoms with Crippen molar-refractivity contribution in [1.29, 1.82) is 0 Å². The zero-order chi connectivity index (χ0) is 17.2. The highest BCUT2D eigenvalue weighted by Crippen LogP contribution is 2.31. The number of nitrogens with one attached hydrogen (secondary N) is 1. The van der Waals surface area contributed by atoms with Crippen LogP contribution in [0.4, 0.5) is 10.5 Å². The summed E-state index contributed by atoms with van der Waals surface area (Å²) in [6.45, 7) is 2.11. The lowest BCUT2D eigenvalue weighted by Gasteiger charge is -2.27. The highest BCUT2D eigenvalue weighted by atomic mass is 16.4. The second-order valence-electron chi connectivity index (χ2n) is 7.12. The highest BCUT2D eigenvalue weighted by Gasteiger charge is 2.31. The van der Waals surface area contributed by atoms with E-state index in [0.717, 1.165) is 31.6 Å². The first-order chi connectivity index (χ1) is 12.2. The van der Waals surface area contributed by atoms with Crippen LogP contribution in [-0.2, 0) is 12.8 Å². The predicted molar refractivity (Wildman–Crippen MR) is 99.4 cm³/mol. The fourth-order valence-corrected chi connectivity index (χ4v) is 4.24. The summed E-state index contributed by atoms with van der Waals surface area (Å²) in [6.07, 6.45) is 3.11. The van der Waals surface area contributed by atoms with Gasteiger partial charge in [-0.05, 0) is 67.0 Å². The quantitative estimate of drug-likeness (QED) is 0.896. The van der Waals surface area contributed by atoms with Gasteiger partial charge in [-0.15, -0.1) is 0 Å². The number of fused-ring (bicyclic) bond motifs is 1. The van der Waals surface area contributed by atoms with E-state index in [0.29, 0.717) is 5.92 Å². The number of rotatable bonds is 3. The molecule has 0 unspecified atom stereocenters. The van der Waals surface area contributed by atoms with Crippen molar-refractivity contribution in [2.45, 2.75) is 37.6 Å². The van der Waals surface area contributed by atoms with Crippen LogP contribution in [0.5, 0.6) is 0 Å². The Labute approximate surface area is 148 Å². The van der Waals surface area contributed by atoms with Crippen molar-refractivity contribution in [2.75, 3.05) is 18.0 Å². The second kappa shape index (κ2) is 6.89. The first-order valence-electron chi connectivity index (χ1n) is 9.12. The average molecular weight is 336 g/mol. The Kier molecular flexibility index (Phi) is 4.45. The van der Waals surface area contributed by atoms with Gasteiger partial charge in [0.05, 0.1) is 0 Å². The summed E-state index contributed by atoms with van der Waals surface area (Å²) in [7, 11) is 0. The molecule has 1 heterocycles. The molecule has 1 aliphatic carbocycles. The van der Waals surface area contributed by atoms with Gasteiger partial charge in [0.1, 0.15) is 0 Å². The van der Waals surface area contributed by atoms with Crippen molar-refractivity contribution in [3.05, 3.63) is 65.2 Å². The smallest absolute Gasteiger partial charge is 0.412 e. The van der Waals surface area contributed by atoms with Crippen molar-refractivity contribution >= 4 is 11.8 Å². The van der Waals surface area contributed by atoms with Crippen LogP contribution in [0.25, 0.3) is 0 Å². The molecule has 0 aromatic heterocycles. The zero-order valence-corrected chi connectivity index (χ0v) is 14.3. The van der Waals surface area contributed by atoms with Crippen LogP contribution in [0.2, 0.25) is 0 Å². The molecule has 2 aromatic carbocycles. The Hall–Kier alpha value is -2.33. The summed E-state index contributed by atoms with van der Waals surface area (Å²) in [5.41, 5.74) is 4.61. The first-order valence-corrected chi connectivity index (χ1v) is 9.12. The molecule has 2 N–H and O–H groups in total. The van der Waals surface area contributed by atoms with Crippen LogP contribution in [0.15, 0.2) is 48.5 Å². The van der Waals surface area contributed by atoms with Crippen LogP contribution in [0.1, 0.15) is 35.4 Å². The topological polar surface area (TPSA) is 52.6 Å². The van der Waals surface area contributed by atoms with Gasteiger partial charge in [-0.25, -0.2) is 4.79 Å². The molecule has 0 spiro atoms. The largest absolute Gasteiger partial charge is 0.465 e. The molecular weight excluding hydrogens is 312 g/mol. The van der Waals surface area contributed by atoms with Crippen molar-refractivity contribution in [3.8, 4) is 0 Å². The lowest BCUT2D eigenvalue weighted by atomic mass is 9.91. The summed E-state index contributed by atoms with van der Waals surface area (Å²) in [6, 6.07) is 16.4. The van der Waals surface area contributed by atoms with Gasteiger partial charge in [0.25, 0.3) is 0 Å². The summed E-state index contributed by atoms with van der Waals surface area (Å²) in [5, 5.41) is 13.2. The lowest BCUT2D eigenvalue weighted by molar-refractivity contribution is 0.199. The molecule has 0 bridgehead atoms. The number of benzene rings is 2. The summed E-state index contributed by atoms with van der Waals surface area (Å²) in [5.74, 6) is 0.539. The van der Waals surface area contributed by atoms with Gasteiger partial charge in [-0.1, -0.05) is 36.4 Å². The van der Waals surface area contributed by atoms with Crippen LogP contribution in [-0.4, -0.2) is 30.3 Å². The molecule has 0 radical (unpaired) electrons. The number of hydrogen-bond acceptors (Lipinski definition) is 2. The predicted octanol–water partition coefficient (Wildman–Crippen LogP) is 3.81. The highest BCUT2D eigenvalue weighted by molar-refractivity contribution is 5.87. The number of anilines is 1. The molecule has 130 valence electrons. The monoisotopic (exact) mass is 336 g/mol. The van der Waals surface area contributed by atoms with Crippen LogP contribution in [0, 0.1) is 0 Å². The fourth-order valence-electron chi connectivity index (χ4n) is 4.24. The summed E-state index contributed by atoms with van der Waals surface area (Å²) < 4.78 is 0. The van der Waals surface area contributed by atoms with Gasteiger partial charge in [-0.3, -0.25) is 4.90 Å². The van der Waals surface area contributed by atoms with E-state index in [9.17, 15) is 9.90 Å². The average Bonchev–Trinajstić information content (AvgIpc) is 3.06. The van der Waals surface area contributed by atoms with E-state index in [1.807, 2.05) is 24.3 Å². The minimum absolute atomic E-state index is 0.0166. The minimum atomic E-state index is -0.870. The van der Waals surface area contributed by atoms with Crippen molar-refractivity contribution < 1.29 is 9.90 Å². The number of amides is 1. The Morgan fingerprint density at radius 1 is 1.04 bits per heavy atom. The molecule has 0 saturated carbocycles. The van der Waals surface area contributed by atoms with E-state index in [1.54, 1.807) is 4.90 Å². The molecule has 1 amide bonds. The number of piperidine rings is 1. The first kappa shape index (κ1) is 16.2. The summed E-state index contributed by atoms with van der Waals surface area (Å²) >= 11 is 0. The Morgan fingerprint density at radius 3 is 2.28 bits per heavy atom. The molecule has 1 fully saturated rings. The Balaban J connectivity index is 1.54. The van der Waals surface area contributed by atoms with Crippen molar-refractivity contribution in [2.24, 2.45) is 0 Å². The van der Waals surface area contributed by atoms with E-state index in [-0.39, 0.29) is 6.04 Å². The SMILES string of the molecule is O=C(O)N(c1ccc([C@@H]2CCCNC2)cc1)C1Cc2ccccc2C1. The molecular formula is C21H24N2O2. The Morgan fingerprint density at radius 2 is 1.72 bits per heavy atom. The van der Waals surface area contributed by atoms with Crippen LogP contribution < -0.4 is 10.2 Å². The third kappa shape index (κ3) is 3.27. The maximum atomic E-state index is 11.9. The number of hydrogen-bond donors (Lipinski definition) is 2. The molecule has 2 aromatic rings. The van der Waals surface area contributed by atoms with E-state index in [1.165, 1.54) is 29.5 Å². The molecule has 1 atom stereocenters. The maximum absolute atomic E-state index is 11.9. The molecule has 25 heavy (non-hydrogen) atoms. The molecule has 2 aliphatic rings. The zero-order valence-electron chi connectivity index (χ0n) is 14.3. The molecule has 4 nitrogen and oxygen atoms in total. The number of carboxylic acid groups (broad SMARTS) is 1. The van der Waals surface area contributed by atoms with Crippen molar-refractivity contribution in [3.63, 3.8) is 0 Å². The number of nitrogens with zero attached hydrogens (tertiary/aromatic N) is 1. The number of carbonyl (C=O) groups is 1. The lowest BCUT2D eigenvalue weighted by Crippen LogP contribution is -2.40. The summed E-state index contributed by atoms with van der Waals surface area (Å²) in [4.78, 5) is 13.5. The molecule has 4 rings (SSSR count). The standard InChI is InChI=1S/C21H24N2O2/c24-21(25)23(20-12-16-4-1-2-5-17(16)13-20)19-9-7-15(8-10-19)18-6-3-11-22-14-18/h1-2,4-5,7-10,18,20,22H,3,6,11-14H2,(H,24,25)/t18-/m1/s1. The van der Waals surface area contributed by atoms with E-state index in [4.69, 9.17) is 0 Å². The van der Waals surface area contributed by atoms with Gasteiger partial charge >= 0.3 is 6.09 Å². The normalized spacial score (nSPS) is 20.2. The third-order valence-electron chi connectivity index (χ3n) is 5.54. The maximum Gasteiger partial charge on any atom is 0.412 e. The fraction of sp³-hybridized carbons (Fsp3) is 0.381. The molecule has 1 saturated heterocycles. The van der Waals surface area contributed by atoms with E-state index < -0.39 is 6.09 Å². The molecule has 4 heteroatoms. The van der Waals surface area contributed by atoms with E-state index in [2.05, 4.69) is 29.6 Å².